The topological polar surface area (TPSA) is 51.2 Å². The molecule has 2 aromatic carbocycles. The molecule has 0 aliphatic rings. The van der Waals surface area contributed by atoms with Crippen LogP contribution in [-0.2, 0) is 10.2 Å². The molecule has 0 fully saturated rings. The van der Waals surface area contributed by atoms with E-state index in [1.54, 1.807) is 0 Å². The molecule has 29 heavy (non-hydrogen) atoms. The van der Waals surface area contributed by atoms with Crippen molar-refractivity contribution in [1.82, 2.24) is 4.98 Å². The smallest absolute Gasteiger partial charge is 0.264 e. The molecule has 3 rings (SSSR count). The summed E-state index contributed by atoms with van der Waals surface area (Å²) in [5, 5.41) is 5.37. The second-order valence-corrected chi connectivity index (χ2v) is 9.28. The van der Waals surface area contributed by atoms with Gasteiger partial charge in [0.1, 0.15) is 5.75 Å². The van der Waals surface area contributed by atoms with Crippen LogP contribution < -0.4 is 10.1 Å². The molecule has 0 unspecified atom stereocenters. The largest absolute Gasteiger partial charge is 0.483 e. The molecule has 0 aliphatic heterocycles. The van der Waals surface area contributed by atoms with E-state index in [-0.39, 0.29) is 17.9 Å². The Bertz CT molecular complexity index is 1030. The first-order valence-electron chi connectivity index (χ1n) is 9.70. The number of hydrogen-bond acceptors (Lipinski definition) is 4. The predicted octanol–water partition coefficient (Wildman–Crippen LogP) is 6.05. The first-order chi connectivity index (χ1) is 13.6. The highest BCUT2D eigenvalue weighted by molar-refractivity contribution is 7.14. The van der Waals surface area contributed by atoms with Crippen molar-refractivity contribution in [1.29, 1.82) is 0 Å². The lowest BCUT2D eigenvalue weighted by Gasteiger charge is -2.23. The van der Waals surface area contributed by atoms with Crippen LogP contribution in [0.2, 0.25) is 0 Å². The second-order valence-electron chi connectivity index (χ2n) is 8.42. The SMILES string of the molecule is Cc1ccc(OCC(=O)Nc2nc(-c3ccc(C)c(C)c3)cs2)c(C(C)(C)C)c1. The molecule has 1 amide bonds. The summed E-state index contributed by atoms with van der Waals surface area (Å²) in [6, 6.07) is 12.3. The van der Waals surface area contributed by atoms with Gasteiger partial charge in [0.2, 0.25) is 0 Å². The molecule has 0 saturated carbocycles. The number of rotatable bonds is 5. The van der Waals surface area contributed by atoms with Crippen LogP contribution in [0.3, 0.4) is 0 Å². The average molecular weight is 409 g/mol. The van der Waals surface area contributed by atoms with E-state index in [1.165, 1.54) is 28.0 Å². The average Bonchev–Trinajstić information content (AvgIpc) is 3.10. The summed E-state index contributed by atoms with van der Waals surface area (Å²) in [4.78, 5) is 16.9. The van der Waals surface area contributed by atoms with Gasteiger partial charge in [-0.25, -0.2) is 4.98 Å². The zero-order valence-corrected chi connectivity index (χ0v) is 18.7. The molecule has 1 aromatic heterocycles. The van der Waals surface area contributed by atoms with Gasteiger partial charge in [-0.2, -0.15) is 0 Å². The number of nitrogens with one attached hydrogen (secondary N) is 1. The Morgan fingerprint density at radius 3 is 2.52 bits per heavy atom. The fourth-order valence-electron chi connectivity index (χ4n) is 3.02. The number of carbonyl (C=O) groups excluding carboxylic acids is 1. The summed E-state index contributed by atoms with van der Waals surface area (Å²) in [7, 11) is 0. The van der Waals surface area contributed by atoms with Crippen LogP contribution in [0.25, 0.3) is 11.3 Å². The minimum atomic E-state index is -0.216. The summed E-state index contributed by atoms with van der Waals surface area (Å²) in [6.07, 6.45) is 0. The Balaban J connectivity index is 1.65. The lowest BCUT2D eigenvalue weighted by atomic mass is 9.85. The summed E-state index contributed by atoms with van der Waals surface area (Å²) in [6.45, 7) is 12.6. The monoisotopic (exact) mass is 408 g/mol. The Morgan fingerprint density at radius 2 is 1.83 bits per heavy atom. The molecule has 0 aliphatic carbocycles. The second kappa shape index (κ2) is 8.37. The molecular formula is C24H28N2O2S. The van der Waals surface area contributed by atoms with Gasteiger partial charge >= 0.3 is 0 Å². The number of amides is 1. The molecule has 152 valence electrons. The van der Waals surface area contributed by atoms with Gasteiger partial charge in [-0.15, -0.1) is 11.3 Å². The molecule has 0 saturated heterocycles. The molecule has 0 spiro atoms. The zero-order chi connectivity index (χ0) is 21.2. The quantitative estimate of drug-likeness (QED) is 0.559. The predicted molar refractivity (Wildman–Crippen MR) is 121 cm³/mol. The van der Waals surface area contributed by atoms with E-state index in [9.17, 15) is 4.79 Å². The van der Waals surface area contributed by atoms with Gasteiger partial charge in [0.25, 0.3) is 5.91 Å². The van der Waals surface area contributed by atoms with Gasteiger partial charge < -0.3 is 4.74 Å². The highest BCUT2D eigenvalue weighted by Gasteiger charge is 2.20. The number of benzene rings is 2. The van der Waals surface area contributed by atoms with Crippen LogP contribution in [0.1, 0.15) is 43.0 Å². The summed E-state index contributed by atoms with van der Waals surface area (Å²) < 4.78 is 5.84. The number of aryl methyl sites for hydroxylation is 3. The number of anilines is 1. The molecule has 1 N–H and O–H groups in total. The number of thiazole rings is 1. The Kier molecular flexibility index (Phi) is 6.08. The van der Waals surface area contributed by atoms with E-state index in [0.717, 1.165) is 22.6 Å². The molecule has 1 heterocycles. The third kappa shape index (κ3) is 5.24. The van der Waals surface area contributed by atoms with Crippen molar-refractivity contribution in [2.45, 2.75) is 47.0 Å². The molecule has 5 heteroatoms. The van der Waals surface area contributed by atoms with Crippen LogP contribution >= 0.6 is 11.3 Å². The van der Waals surface area contributed by atoms with Crippen molar-refractivity contribution >= 4 is 22.4 Å². The van der Waals surface area contributed by atoms with Crippen molar-refractivity contribution in [3.8, 4) is 17.0 Å². The first-order valence-corrected chi connectivity index (χ1v) is 10.6. The molecule has 0 atom stereocenters. The molecule has 0 radical (unpaired) electrons. The first kappa shape index (κ1) is 21.1. The molecule has 0 bridgehead atoms. The maximum absolute atomic E-state index is 12.4. The van der Waals surface area contributed by atoms with Gasteiger partial charge in [-0.1, -0.05) is 50.6 Å². The Labute approximate surface area is 177 Å². The van der Waals surface area contributed by atoms with Crippen LogP contribution in [0, 0.1) is 20.8 Å². The van der Waals surface area contributed by atoms with Crippen molar-refractivity contribution in [3.05, 3.63) is 64.0 Å². The van der Waals surface area contributed by atoms with E-state index in [4.69, 9.17) is 4.74 Å². The fourth-order valence-corrected chi connectivity index (χ4v) is 3.75. The molecule has 4 nitrogen and oxygen atoms in total. The summed E-state index contributed by atoms with van der Waals surface area (Å²) >= 11 is 1.42. The minimum absolute atomic E-state index is 0.0509. The van der Waals surface area contributed by atoms with E-state index in [1.807, 2.05) is 17.5 Å². The van der Waals surface area contributed by atoms with Crippen LogP contribution in [0.5, 0.6) is 5.75 Å². The van der Waals surface area contributed by atoms with Crippen molar-refractivity contribution in [2.24, 2.45) is 0 Å². The Morgan fingerprint density at radius 1 is 1.07 bits per heavy atom. The minimum Gasteiger partial charge on any atom is -0.483 e. The van der Waals surface area contributed by atoms with Crippen LogP contribution in [-0.4, -0.2) is 17.5 Å². The highest BCUT2D eigenvalue weighted by Crippen LogP contribution is 2.32. The highest BCUT2D eigenvalue weighted by atomic mass is 32.1. The maximum Gasteiger partial charge on any atom is 0.264 e. The van der Waals surface area contributed by atoms with Gasteiger partial charge in [-0.05, 0) is 55.0 Å². The van der Waals surface area contributed by atoms with Gasteiger partial charge in [-0.3, -0.25) is 10.1 Å². The number of nitrogens with zero attached hydrogens (tertiary/aromatic N) is 1. The van der Waals surface area contributed by atoms with Crippen molar-refractivity contribution in [2.75, 3.05) is 11.9 Å². The van der Waals surface area contributed by atoms with Crippen LogP contribution in [0.15, 0.2) is 41.8 Å². The normalized spacial score (nSPS) is 11.4. The van der Waals surface area contributed by atoms with Crippen molar-refractivity contribution < 1.29 is 9.53 Å². The van der Waals surface area contributed by atoms with Gasteiger partial charge in [0.05, 0.1) is 5.69 Å². The number of carbonyl (C=O) groups is 1. The molecular weight excluding hydrogens is 380 g/mol. The third-order valence-electron chi connectivity index (χ3n) is 4.86. The standard InChI is InChI=1S/C24H28N2O2S/c1-15-7-10-21(19(11-15)24(4,5)6)28-13-22(27)26-23-25-20(14-29-23)18-9-8-16(2)17(3)12-18/h7-12,14H,13H2,1-6H3,(H,25,26,27). The zero-order valence-electron chi connectivity index (χ0n) is 17.9. The van der Waals surface area contributed by atoms with E-state index in [2.05, 4.69) is 76.1 Å². The van der Waals surface area contributed by atoms with Crippen molar-refractivity contribution in [3.63, 3.8) is 0 Å². The van der Waals surface area contributed by atoms with Gasteiger partial charge in [0.15, 0.2) is 11.7 Å². The van der Waals surface area contributed by atoms with Gasteiger partial charge in [0, 0.05) is 10.9 Å². The maximum atomic E-state index is 12.4. The van der Waals surface area contributed by atoms with E-state index in [0.29, 0.717) is 5.13 Å². The molecule has 3 aromatic rings. The fraction of sp³-hybridized carbons (Fsp3) is 0.333. The van der Waals surface area contributed by atoms with E-state index >= 15 is 0 Å². The summed E-state index contributed by atoms with van der Waals surface area (Å²) in [5.41, 5.74) is 6.60. The number of aromatic nitrogens is 1. The third-order valence-corrected chi connectivity index (χ3v) is 5.61. The lowest BCUT2D eigenvalue weighted by Crippen LogP contribution is -2.22. The number of ether oxygens (including phenoxy) is 1. The summed E-state index contributed by atoms with van der Waals surface area (Å²) in [5.74, 6) is 0.527. The lowest BCUT2D eigenvalue weighted by molar-refractivity contribution is -0.118. The van der Waals surface area contributed by atoms with E-state index < -0.39 is 0 Å². The number of hydrogen-bond donors (Lipinski definition) is 1. The Hall–Kier alpha value is -2.66. The van der Waals surface area contributed by atoms with Crippen LogP contribution in [0.4, 0.5) is 5.13 Å².